The molecule has 3 aromatic carbocycles. The Hall–Kier alpha value is -3.46. The summed E-state index contributed by atoms with van der Waals surface area (Å²) in [7, 11) is -4.34. The van der Waals surface area contributed by atoms with Crippen LogP contribution in [0.4, 0.5) is 30.6 Å². The molecule has 0 spiro atoms. The number of benzene rings is 3. The fraction of sp³-hybridized carbons (Fsp3) is 0. The number of rotatable bonds is 5. The summed E-state index contributed by atoms with van der Waals surface area (Å²) >= 11 is 0. The van der Waals surface area contributed by atoms with E-state index in [1.54, 1.807) is 42.5 Å². The first-order valence-electron chi connectivity index (χ1n) is 8.05. The molecular weight excluding hydrogens is 388 g/mol. The molecule has 6 nitrogen and oxygen atoms in total. The van der Waals surface area contributed by atoms with Crippen molar-refractivity contribution < 1.29 is 22.0 Å². The van der Waals surface area contributed by atoms with Gasteiger partial charge in [0.2, 0.25) is 0 Å². The molecule has 3 N–H and O–H groups in total. The monoisotopic (exact) mass is 403 g/mol. The van der Waals surface area contributed by atoms with Gasteiger partial charge in [0.1, 0.15) is 16.5 Å². The Morgan fingerprint density at radius 1 is 0.786 bits per heavy atom. The predicted octanol–water partition coefficient (Wildman–Crippen LogP) is 4.41. The molecule has 0 unspecified atom stereocenters. The van der Waals surface area contributed by atoms with E-state index in [2.05, 4.69) is 15.4 Å². The second kappa shape index (κ2) is 8.05. The zero-order chi connectivity index (χ0) is 20.1. The number of halogens is 2. The van der Waals surface area contributed by atoms with Crippen LogP contribution in [0.15, 0.2) is 77.7 Å². The van der Waals surface area contributed by atoms with E-state index in [0.29, 0.717) is 11.8 Å². The highest BCUT2D eigenvalue weighted by Crippen LogP contribution is 2.26. The van der Waals surface area contributed by atoms with Crippen LogP contribution in [0.25, 0.3) is 0 Å². The third-order valence-electron chi connectivity index (χ3n) is 3.63. The van der Waals surface area contributed by atoms with E-state index in [4.69, 9.17) is 0 Å². The molecular formula is C19H15F2N3O3S. The summed E-state index contributed by atoms with van der Waals surface area (Å²) in [5.41, 5.74) is 0.725. The van der Waals surface area contributed by atoms with E-state index < -0.39 is 32.6 Å². The third kappa shape index (κ3) is 4.63. The molecule has 3 rings (SSSR count). The molecule has 0 aliphatic heterocycles. The van der Waals surface area contributed by atoms with Crippen molar-refractivity contribution in [2.24, 2.45) is 0 Å². The Bertz CT molecular complexity index is 1110. The van der Waals surface area contributed by atoms with Crippen molar-refractivity contribution in [3.8, 4) is 0 Å². The molecule has 0 saturated carbocycles. The number of para-hydroxylation sites is 3. The van der Waals surface area contributed by atoms with E-state index in [1.807, 2.05) is 0 Å². The molecule has 28 heavy (non-hydrogen) atoms. The maximum Gasteiger partial charge on any atom is 0.323 e. The average Bonchev–Trinajstić information content (AvgIpc) is 2.63. The van der Waals surface area contributed by atoms with E-state index in [1.165, 1.54) is 12.1 Å². The van der Waals surface area contributed by atoms with Gasteiger partial charge in [-0.2, -0.15) is 0 Å². The Kier molecular flexibility index (Phi) is 5.55. The van der Waals surface area contributed by atoms with Crippen molar-refractivity contribution in [1.29, 1.82) is 0 Å². The standard InChI is InChI=1S/C19H15F2N3O3S/c20-13-10-11-18(15(21)12-13)28(26,27)24-17-9-5-4-8-16(17)23-19(25)22-14-6-2-1-3-7-14/h1-12,24H,(H2,22,23,25). The predicted molar refractivity (Wildman–Crippen MR) is 103 cm³/mol. The Morgan fingerprint density at radius 3 is 2.11 bits per heavy atom. The lowest BCUT2D eigenvalue weighted by molar-refractivity contribution is 0.262. The van der Waals surface area contributed by atoms with Crippen molar-refractivity contribution in [1.82, 2.24) is 0 Å². The molecule has 2 amide bonds. The normalized spacial score (nSPS) is 10.9. The quantitative estimate of drug-likeness (QED) is 0.590. The van der Waals surface area contributed by atoms with Gasteiger partial charge in [0.15, 0.2) is 0 Å². The molecule has 0 bridgehead atoms. The molecule has 9 heteroatoms. The maximum absolute atomic E-state index is 13.9. The minimum absolute atomic E-state index is 0.0226. The highest BCUT2D eigenvalue weighted by atomic mass is 32.2. The number of sulfonamides is 1. The molecule has 0 saturated heterocycles. The number of carbonyl (C=O) groups excluding carboxylic acids is 1. The molecule has 0 aliphatic carbocycles. The zero-order valence-corrected chi connectivity index (χ0v) is 15.1. The van der Waals surface area contributed by atoms with Crippen LogP contribution in [-0.4, -0.2) is 14.4 Å². The average molecular weight is 403 g/mol. The number of anilines is 3. The Labute approximate surface area is 160 Å². The van der Waals surface area contributed by atoms with Gasteiger partial charge in [-0.25, -0.2) is 22.0 Å². The summed E-state index contributed by atoms with van der Waals surface area (Å²) in [4.78, 5) is 11.4. The first-order chi connectivity index (χ1) is 13.3. The van der Waals surface area contributed by atoms with Gasteiger partial charge in [-0.05, 0) is 36.4 Å². The summed E-state index contributed by atoms with van der Waals surface area (Å²) in [6.07, 6.45) is 0. The summed E-state index contributed by atoms with van der Waals surface area (Å²) in [5.74, 6) is -2.11. The van der Waals surface area contributed by atoms with Gasteiger partial charge >= 0.3 is 6.03 Å². The molecule has 0 heterocycles. The van der Waals surface area contributed by atoms with Gasteiger partial charge in [-0.3, -0.25) is 4.72 Å². The highest BCUT2D eigenvalue weighted by molar-refractivity contribution is 7.92. The lowest BCUT2D eigenvalue weighted by Gasteiger charge is -2.14. The first-order valence-corrected chi connectivity index (χ1v) is 9.53. The van der Waals surface area contributed by atoms with Crippen molar-refractivity contribution in [2.45, 2.75) is 4.90 Å². The van der Waals surface area contributed by atoms with E-state index in [0.717, 1.165) is 12.1 Å². The number of nitrogens with one attached hydrogen (secondary N) is 3. The second-order valence-corrected chi connectivity index (χ2v) is 7.32. The lowest BCUT2D eigenvalue weighted by Crippen LogP contribution is -2.21. The minimum atomic E-state index is -4.34. The summed E-state index contributed by atoms with van der Waals surface area (Å²) in [5, 5.41) is 5.12. The summed E-state index contributed by atoms with van der Waals surface area (Å²) < 4.78 is 54.0. The van der Waals surface area contributed by atoms with Crippen LogP contribution in [0, 0.1) is 11.6 Å². The molecule has 144 valence electrons. The topological polar surface area (TPSA) is 87.3 Å². The summed E-state index contributed by atoms with van der Waals surface area (Å²) in [6, 6.07) is 16.2. The SMILES string of the molecule is O=C(Nc1ccccc1)Nc1ccccc1NS(=O)(=O)c1ccc(F)cc1F. The minimum Gasteiger partial charge on any atom is -0.308 e. The van der Waals surface area contributed by atoms with Crippen molar-refractivity contribution >= 4 is 33.1 Å². The fourth-order valence-corrected chi connectivity index (χ4v) is 3.52. The number of carbonyl (C=O) groups is 1. The van der Waals surface area contributed by atoms with Crippen LogP contribution in [-0.2, 0) is 10.0 Å². The third-order valence-corrected chi connectivity index (χ3v) is 5.03. The molecule has 0 aliphatic rings. The van der Waals surface area contributed by atoms with Crippen LogP contribution < -0.4 is 15.4 Å². The van der Waals surface area contributed by atoms with Gasteiger partial charge in [-0.15, -0.1) is 0 Å². The first kappa shape index (κ1) is 19.3. The van der Waals surface area contributed by atoms with E-state index >= 15 is 0 Å². The number of amides is 2. The van der Waals surface area contributed by atoms with Crippen LogP contribution in [0.5, 0.6) is 0 Å². The summed E-state index contributed by atoms with van der Waals surface area (Å²) in [6.45, 7) is 0. The van der Waals surface area contributed by atoms with Gasteiger partial charge in [0, 0.05) is 11.8 Å². The molecule has 3 aromatic rings. The van der Waals surface area contributed by atoms with Gasteiger partial charge in [0.25, 0.3) is 10.0 Å². The van der Waals surface area contributed by atoms with Gasteiger partial charge < -0.3 is 10.6 Å². The van der Waals surface area contributed by atoms with Crippen molar-refractivity contribution in [3.63, 3.8) is 0 Å². The molecule has 0 fully saturated rings. The van der Waals surface area contributed by atoms with Gasteiger partial charge in [-0.1, -0.05) is 30.3 Å². The van der Waals surface area contributed by atoms with Crippen LogP contribution in [0.3, 0.4) is 0 Å². The Morgan fingerprint density at radius 2 is 1.43 bits per heavy atom. The lowest BCUT2D eigenvalue weighted by atomic mass is 10.3. The van der Waals surface area contributed by atoms with E-state index in [9.17, 15) is 22.0 Å². The highest BCUT2D eigenvalue weighted by Gasteiger charge is 2.21. The van der Waals surface area contributed by atoms with Crippen LogP contribution >= 0.6 is 0 Å². The van der Waals surface area contributed by atoms with Crippen LogP contribution in [0.2, 0.25) is 0 Å². The van der Waals surface area contributed by atoms with Crippen molar-refractivity contribution in [3.05, 3.63) is 84.4 Å². The second-order valence-electron chi connectivity index (χ2n) is 5.67. The number of urea groups is 1. The fourth-order valence-electron chi connectivity index (χ4n) is 2.38. The molecule has 0 radical (unpaired) electrons. The number of hydrogen-bond acceptors (Lipinski definition) is 3. The van der Waals surface area contributed by atoms with Crippen LogP contribution in [0.1, 0.15) is 0 Å². The molecule has 0 aromatic heterocycles. The Balaban J connectivity index is 1.81. The molecule has 0 atom stereocenters. The van der Waals surface area contributed by atoms with E-state index in [-0.39, 0.29) is 11.4 Å². The van der Waals surface area contributed by atoms with Gasteiger partial charge in [0.05, 0.1) is 11.4 Å². The smallest absolute Gasteiger partial charge is 0.308 e. The van der Waals surface area contributed by atoms with Crippen molar-refractivity contribution in [2.75, 3.05) is 15.4 Å². The maximum atomic E-state index is 13.9. The largest absolute Gasteiger partial charge is 0.323 e. The zero-order valence-electron chi connectivity index (χ0n) is 14.3. The number of hydrogen-bond donors (Lipinski definition) is 3.